The van der Waals surface area contributed by atoms with Crippen LogP contribution in [0.4, 0.5) is 0 Å². The highest BCUT2D eigenvalue weighted by Gasteiger charge is 2.31. The fourth-order valence-corrected chi connectivity index (χ4v) is 2.02. The Morgan fingerprint density at radius 2 is 2.15 bits per heavy atom. The number of carbonyl (C=O) groups is 1. The number of carboxylic acid groups (broad SMARTS) is 1. The molecule has 0 aromatic carbocycles. The Morgan fingerprint density at radius 1 is 1.46 bits per heavy atom. The van der Waals surface area contributed by atoms with Crippen LogP contribution in [0, 0.1) is 11.8 Å². The number of hydrogen-bond acceptors (Lipinski definition) is 1. The molecule has 1 N–H and O–H groups in total. The summed E-state index contributed by atoms with van der Waals surface area (Å²) < 4.78 is 0. The van der Waals surface area contributed by atoms with E-state index in [4.69, 9.17) is 5.11 Å². The van der Waals surface area contributed by atoms with Crippen LogP contribution in [0.1, 0.15) is 51.9 Å². The van der Waals surface area contributed by atoms with Gasteiger partial charge in [-0.3, -0.25) is 4.79 Å². The Labute approximate surface area is 80.3 Å². The van der Waals surface area contributed by atoms with Gasteiger partial charge in [0.1, 0.15) is 0 Å². The van der Waals surface area contributed by atoms with Crippen LogP contribution in [-0.2, 0) is 4.79 Å². The lowest BCUT2D eigenvalue weighted by Gasteiger charge is -2.31. The van der Waals surface area contributed by atoms with Crippen molar-refractivity contribution in [3.63, 3.8) is 0 Å². The highest BCUT2D eigenvalue weighted by Crippen LogP contribution is 2.36. The average Bonchev–Trinajstić information content (AvgIpc) is 1.99. The number of hydrogen-bond donors (Lipinski definition) is 1. The lowest BCUT2D eigenvalue weighted by Crippen LogP contribution is -2.28. The van der Waals surface area contributed by atoms with Gasteiger partial charge in [0.25, 0.3) is 0 Å². The molecule has 1 atom stereocenters. The van der Waals surface area contributed by atoms with Crippen molar-refractivity contribution in [2.75, 3.05) is 0 Å². The molecule has 0 radical (unpaired) electrons. The van der Waals surface area contributed by atoms with Crippen molar-refractivity contribution >= 4 is 5.97 Å². The quantitative estimate of drug-likeness (QED) is 0.644. The lowest BCUT2D eigenvalue weighted by atomic mass is 9.74. The average molecular weight is 184 g/mol. The van der Waals surface area contributed by atoms with Gasteiger partial charge in [-0.15, -0.1) is 0 Å². The van der Waals surface area contributed by atoms with Gasteiger partial charge in [0.05, 0.1) is 5.92 Å². The monoisotopic (exact) mass is 184 g/mol. The molecule has 1 saturated carbocycles. The number of aliphatic carboxylic acids is 1. The molecule has 2 heteroatoms. The fourth-order valence-electron chi connectivity index (χ4n) is 2.02. The molecule has 0 amide bonds. The van der Waals surface area contributed by atoms with E-state index in [1.165, 1.54) is 19.3 Å². The molecule has 76 valence electrons. The molecule has 1 aliphatic carbocycles. The van der Waals surface area contributed by atoms with E-state index in [0.717, 1.165) is 25.7 Å². The topological polar surface area (TPSA) is 37.3 Å². The van der Waals surface area contributed by atoms with Crippen LogP contribution in [0.2, 0.25) is 0 Å². The molecule has 0 heterocycles. The molecule has 0 aromatic heterocycles. The van der Waals surface area contributed by atoms with Crippen molar-refractivity contribution < 1.29 is 9.90 Å². The van der Waals surface area contributed by atoms with Crippen LogP contribution in [0.25, 0.3) is 0 Å². The molecular formula is C11H20O2. The normalized spacial score (nSPS) is 19.5. The van der Waals surface area contributed by atoms with Crippen LogP contribution in [0.15, 0.2) is 0 Å². The van der Waals surface area contributed by atoms with Crippen molar-refractivity contribution in [1.82, 2.24) is 0 Å². The molecule has 13 heavy (non-hydrogen) atoms. The predicted octanol–water partition coefficient (Wildman–Crippen LogP) is 3.07. The molecule has 0 unspecified atom stereocenters. The highest BCUT2D eigenvalue weighted by molar-refractivity contribution is 5.70. The van der Waals surface area contributed by atoms with Gasteiger partial charge in [-0.25, -0.2) is 0 Å². The van der Waals surface area contributed by atoms with E-state index in [1.54, 1.807) is 0 Å². The van der Waals surface area contributed by atoms with E-state index in [1.807, 2.05) is 0 Å². The SMILES string of the molecule is CCCCC[C@H](C(=O)O)C1CCC1. The molecule has 0 aromatic rings. The Kier molecular flexibility index (Phi) is 4.26. The third kappa shape index (κ3) is 3.02. The molecule has 1 rings (SSSR count). The molecule has 1 aliphatic rings. The van der Waals surface area contributed by atoms with Crippen LogP contribution >= 0.6 is 0 Å². The lowest BCUT2D eigenvalue weighted by molar-refractivity contribution is -0.145. The van der Waals surface area contributed by atoms with Gasteiger partial charge in [-0.1, -0.05) is 32.6 Å². The summed E-state index contributed by atoms with van der Waals surface area (Å²) in [6.45, 7) is 2.15. The first-order chi connectivity index (χ1) is 6.25. The van der Waals surface area contributed by atoms with E-state index >= 15 is 0 Å². The van der Waals surface area contributed by atoms with Crippen molar-refractivity contribution in [2.24, 2.45) is 11.8 Å². The van der Waals surface area contributed by atoms with Crippen molar-refractivity contribution in [3.05, 3.63) is 0 Å². The number of rotatable bonds is 6. The zero-order valence-electron chi connectivity index (χ0n) is 8.46. The maximum atomic E-state index is 10.9. The van der Waals surface area contributed by atoms with Gasteiger partial charge in [-0.05, 0) is 25.2 Å². The van der Waals surface area contributed by atoms with E-state index in [2.05, 4.69) is 6.92 Å². The molecular weight excluding hydrogens is 164 g/mol. The van der Waals surface area contributed by atoms with Crippen LogP contribution < -0.4 is 0 Å². The highest BCUT2D eigenvalue weighted by atomic mass is 16.4. The number of unbranched alkanes of at least 4 members (excludes halogenated alkanes) is 2. The van der Waals surface area contributed by atoms with Gasteiger partial charge in [0, 0.05) is 0 Å². The Morgan fingerprint density at radius 3 is 2.54 bits per heavy atom. The molecule has 1 fully saturated rings. The minimum absolute atomic E-state index is 0.0414. The molecule has 0 aliphatic heterocycles. The van der Waals surface area contributed by atoms with Crippen molar-refractivity contribution in [1.29, 1.82) is 0 Å². The Balaban J connectivity index is 2.25. The van der Waals surface area contributed by atoms with Crippen LogP contribution in [0.3, 0.4) is 0 Å². The van der Waals surface area contributed by atoms with E-state index in [0.29, 0.717) is 5.92 Å². The van der Waals surface area contributed by atoms with E-state index < -0.39 is 5.97 Å². The Bertz CT molecular complexity index is 161. The third-order valence-corrected chi connectivity index (χ3v) is 3.15. The number of carboxylic acids is 1. The second-order valence-corrected chi connectivity index (χ2v) is 4.13. The summed E-state index contributed by atoms with van der Waals surface area (Å²) in [6.07, 6.45) is 7.86. The van der Waals surface area contributed by atoms with E-state index in [9.17, 15) is 4.79 Å². The summed E-state index contributed by atoms with van der Waals surface area (Å²) in [5, 5.41) is 9.01. The second-order valence-electron chi connectivity index (χ2n) is 4.13. The summed E-state index contributed by atoms with van der Waals surface area (Å²) in [6, 6.07) is 0. The first kappa shape index (κ1) is 10.6. The molecule has 0 spiro atoms. The first-order valence-electron chi connectivity index (χ1n) is 5.48. The third-order valence-electron chi connectivity index (χ3n) is 3.15. The van der Waals surface area contributed by atoms with Crippen molar-refractivity contribution in [2.45, 2.75) is 51.9 Å². The predicted molar refractivity (Wildman–Crippen MR) is 52.6 cm³/mol. The fraction of sp³-hybridized carbons (Fsp3) is 0.909. The maximum absolute atomic E-state index is 10.9. The van der Waals surface area contributed by atoms with Gasteiger partial charge < -0.3 is 5.11 Å². The van der Waals surface area contributed by atoms with Crippen LogP contribution in [0.5, 0.6) is 0 Å². The summed E-state index contributed by atoms with van der Waals surface area (Å²) in [7, 11) is 0. The summed E-state index contributed by atoms with van der Waals surface area (Å²) in [5.41, 5.74) is 0. The summed E-state index contributed by atoms with van der Waals surface area (Å²) in [4.78, 5) is 10.9. The van der Waals surface area contributed by atoms with E-state index in [-0.39, 0.29) is 5.92 Å². The second kappa shape index (κ2) is 5.25. The Hall–Kier alpha value is -0.530. The summed E-state index contributed by atoms with van der Waals surface area (Å²) >= 11 is 0. The van der Waals surface area contributed by atoms with Gasteiger partial charge in [-0.2, -0.15) is 0 Å². The zero-order valence-corrected chi connectivity index (χ0v) is 8.46. The smallest absolute Gasteiger partial charge is 0.306 e. The largest absolute Gasteiger partial charge is 0.481 e. The van der Waals surface area contributed by atoms with Crippen LogP contribution in [-0.4, -0.2) is 11.1 Å². The van der Waals surface area contributed by atoms with Gasteiger partial charge >= 0.3 is 5.97 Å². The standard InChI is InChI=1S/C11H20O2/c1-2-3-4-8-10(11(12)13)9-6-5-7-9/h9-10H,2-8H2,1H3,(H,12,13)/t10-/m0/s1. The van der Waals surface area contributed by atoms with Crippen molar-refractivity contribution in [3.8, 4) is 0 Å². The molecule has 0 bridgehead atoms. The van der Waals surface area contributed by atoms with Gasteiger partial charge in [0.15, 0.2) is 0 Å². The minimum atomic E-state index is -0.569. The summed E-state index contributed by atoms with van der Waals surface area (Å²) in [5.74, 6) is -0.115. The zero-order chi connectivity index (χ0) is 9.68. The maximum Gasteiger partial charge on any atom is 0.306 e. The minimum Gasteiger partial charge on any atom is -0.481 e. The van der Waals surface area contributed by atoms with Gasteiger partial charge in [0.2, 0.25) is 0 Å². The molecule has 2 nitrogen and oxygen atoms in total. The first-order valence-corrected chi connectivity index (χ1v) is 5.48. The molecule has 0 saturated heterocycles.